The van der Waals surface area contributed by atoms with Gasteiger partial charge < -0.3 is 4.42 Å². The highest BCUT2D eigenvalue weighted by molar-refractivity contribution is 6.08. The number of hydrogen-bond donors (Lipinski definition) is 0. The third kappa shape index (κ3) is 2.05. The summed E-state index contributed by atoms with van der Waals surface area (Å²) in [6.45, 7) is 3.63. The van der Waals surface area contributed by atoms with Gasteiger partial charge in [0.1, 0.15) is 17.2 Å². The summed E-state index contributed by atoms with van der Waals surface area (Å²) in [6, 6.07) is 13.1. The molecule has 0 fully saturated rings. The summed E-state index contributed by atoms with van der Waals surface area (Å²) in [7, 11) is 0. The number of furan rings is 1. The monoisotopic (exact) mass is 266 g/mol. The van der Waals surface area contributed by atoms with Crippen LogP contribution in [0.3, 0.4) is 0 Å². The molecule has 4 nitrogen and oxygen atoms in total. The normalized spacial score (nSPS) is 10.7. The van der Waals surface area contributed by atoms with Gasteiger partial charge in [-0.3, -0.25) is 4.79 Å². The fourth-order valence-electron chi connectivity index (χ4n) is 2.24. The van der Waals surface area contributed by atoms with Gasteiger partial charge in [0.25, 0.3) is 0 Å². The molecule has 2 heterocycles. The van der Waals surface area contributed by atoms with Gasteiger partial charge >= 0.3 is 0 Å². The van der Waals surface area contributed by atoms with Crippen LogP contribution in [0.4, 0.5) is 0 Å². The number of benzene rings is 1. The lowest BCUT2D eigenvalue weighted by atomic mass is 10.1. The molecule has 3 aromatic rings. The van der Waals surface area contributed by atoms with Crippen molar-refractivity contribution < 1.29 is 9.21 Å². The van der Waals surface area contributed by atoms with E-state index in [2.05, 4.69) is 5.10 Å². The maximum absolute atomic E-state index is 12.6. The third-order valence-corrected chi connectivity index (χ3v) is 3.16. The first-order valence-corrected chi connectivity index (χ1v) is 6.38. The largest absolute Gasteiger partial charge is 0.466 e. The highest BCUT2D eigenvalue weighted by atomic mass is 16.3. The van der Waals surface area contributed by atoms with Crippen molar-refractivity contribution in [2.75, 3.05) is 0 Å². The zero-order chi connectivity index (χ0) is 14.1. The quantitative estimate of drug-likeness (QED) is 0.683. The molecule has 100 valence electrons. The second kappa shape index (κ2) is 4.81. The Morgan fingerprint density at radius 1 is 1.15 bits per heavy atom. The Labute approximate surface area is 116 Å². The molecule has 20 heavy (non-hydrogen) atoms. The molecule has 0 atom stereocenters. The minimum absolute atomic E-state index is 0.0827. The Kier molecular flexibility index (Phi) is 2.99. The molecule has 0 saturated carbocycles. The average Bonchev–Trinajstić information content (AvgIpc) is 3.05. The van der Waals surface area contributed by atoms with E-state index >= 15 is 0 Å². The Morgan fingerprint density at radius 2 is 1.90 bits per heavy atom. The molecule has 0 saturated heterocycles. The van der Waals surface area contributed by atoms with Crippen LogP contribution in [-0.2, 0) is 0 Å². The van der Waals surface area contributed by atoms with Gasteiger partial charge in [-0.1, -0.05) is 18.2 Å². The standard InChI is InChI=1S/C16H14N2O2/c1-11-10-14(12(2)20-11)16(19)15-8-9-17-18(15)13-6-4-3-5-7-13/h3-10H,1-2H3. The number of ketones is 1. The molecule has 0 spiro atoms. The Balaban J connectivity index is 2.06. The molecule has 0 unspecified atom stereocenters. The summed E-state index contributed by atoms with van der Waals surface area (Å²) in [5, 5.41) is 4.23. The van der Waals surface area contributed by atoms with Crippen LogP contribution in [0.15, 0.2) is 53.1 Å². The van der Waals surface area contributed by atoms with Crippen LogP contribution >= 0.6 is 0 Å². The number of carbonyl (C=O) groups is 1. The molecular weight excluding hydrogens is 252 g/mol. The zero-order valence-corrected chi connectivity index (χ0v) is 11.3. The van der Waals surface area contributed by atoms with Gasteiger partial charge in [0.05, 0.1) is 17.4 Å². The van der Waals surface area contributed by atoms with Crippen LogP contribution in [0.5, 0.6) is 0 Å². The summed E-state index contributed by atoms with van der Waals surface area (Å²) < 4.78 is 7.07. The molecular formula is C16H14N2O2. The van der Waals surface area contributed by atoms with Crippen molar-refractivity contribution in [3.8, 4) is 5.69 Å². The van der Waals surface area contributed by atoms with Crippen molar-refractivity contribution >= 4 is 5.78 Å². The number of nitrogens with zero attached hydrogens (tertiary/aromatic N) is 2. The SMILES string of the molecule is Cc1cc(C(=O)c2ccnn2-c2ccccc2)c(C)o1. The summed E-state index contributed by atoms with van der Waals surface area (Å²) in [5.41, 5.74) is 1.97. The van der Waals surface area contributed by atoms with Gasteiger partial charge in [0.15, 0.2) is 0 Å². The molecule has 0 radical (unpaired) electrons. The van der Waals surface area contributed by atoms with E-state index in [9.17, 15) is 4.79 Å². The smallest absolute Gasteiger partial charge is 0.214 e. The summed E-state index contributed by atoms with van der Waals surface area (Å²) in [5.74, 6) is 1.28. The lowest BCUT2D eigenvalue weighted by Gasteiger charge is -2.05. The second-order valence-corrected chi connectivity index (χ2v) is 4.62. The van der Waals surface area contributed by atoms with E-state index in [0.29, 0.717) is 17.0 Å². The highest BCUT2D eigenvalue weighted by Gasteiger charge is 2.19. The number of aryl methyl sites for hydroxylation is 2. The van der Waals surface area contributed by atoms with Crippen LogP contribution < -0.4 is 0 Å². The number of aromatic nitrogens is 2. The predicted molar refractivity (Wildman–Crippen MR) is 75.2 cm³/mol. The van der Waals surface area contributed by atoms with E-state index in [1.807, 2.05) is 37.3 Å². The van der Waals surface area contributed by atoms with Crippen LogP contribution in [0.2, 0.25) is 0 Å². The Bertz CT molecular complexity index is 754. The molecule has 0 aliphatic rings. The third-order valence-electron chi connectivity index (χ3n) is 3.16. The topological polar surface area (TPSA) is 48.0 Å². The van der Waals surface area contributed by atoms with Crippen LogP contribution in [-0.4, -0.2) is 15.6 Å². The fraction of sp³-hybridized carbons (Fsp3) is 0.125. The first-order chi connectivity index (χ1) is 9.66. The van der Waals surface area contributed by atoms with E-state index in [-0.39, 0.29) is 5.78 Å². The fourth-order valence-corrected chi connectivity index (χ4v) is 2.24. The second-order valence-electron chi connectivity index (χ2n) is 4.62. The highest BCUT2D eigenvalue weighted by Crippen LogP contribution is 2.19. The van der Waals surface area contributed by atoms with Crippen molar-refractivity contribution in [3.05, 3.63) is 71.4 Å². The van der Waals surface area contributed by atoms with E-state index in [4.69, 9.17) is 4.42 Å². The number of para-hydroxylation sites is 1. The predicted octanol–water partition coefficient (Wildman–Crippen LogP) is 3.31. The molecule has 1 aromatic carbocycles. The van der Waals surface area contributed by atoms with E-state index in [1.165, 1.54) is 0 Å². The zero-order valence-electron chi connectivity index (χ0n) is 11.3. The van der Waals surface area contributed by atoms with Gasteiger partial charge in [-0.05, 0) is 38.1 Å². The van der Waals surface area contributed by atoms with Crippen molar-refractivity contribution in [2.45, 2.75) is 13.8 Å². The van der Waals surface area contributed by atoms with Gasteiger partial charge in [0.2, 0.25) is 5.78 Å². The van der Waals surface area contributed by atoms with Crippen molar-refractivity contribution in [3.63, 3.8) is 0 Å². The van der Waals surface area contributed by atoms with Crippen LogP contribution in [0.25, 0.3) is 5.69 Å². The van der Waals surface area contributed by atoms with E-state index in [1.54, 1.807) is 29.9 Å². The maximum Gasteiger partial charge on any atom is 0.214 e. The molecule has 0 N–H and O–H groups in total. The number of carbonyl (C=O) groups excluding carboxylic acids is 1. The molecule has 0 bridgehead atoms. The summed E-state index contributed by atoms with van der Waals surface area (Å²) in [6.07, 6.45) is 1.63. The van der Waals surface area contributed by atoms with Crippen LogP contribution in [0, 0.1) is 13.8 Å². The summed E-state index contributed by atoms with van der Waals surface area (Å²) in [4.78, 5) is 12.6. The van der Waals surface area contributed by atoms with Gasteiger partial charge in [-0.25, -0.2) is 4.68 Å². The molecule has 0 aliphatic heterocycles. The van der Waals surface area contributed by atoms with E-state index < -0.39 is 0 Å². The minimum atomic E-state index is -0.0827. The van der Waals surface area contributed by atoms with Crippen molar-refractivity contribution in [2.24, 2.45) is 0 Å². The lowest BCUT2D eigenvalue weighted by molar-refractivity contribution is 0.103. The van der Waals surface area contributed by atoms with Crippen LogP contribution in [0.1, 0.15) is 27.6 Å². The maximum atomic E-state index is 12.6. The van der Waals surface area contributed by atoms with Crippen molar-refractivity contribution in [1.82, 2.24) is 9.78 Å². The van der Waals surface area contributed by atoms with Crippen molar-refractivity contribution in [1.29, 1.82) is 0 Å². The Hall–Kier alpha value is -2.62. The Morgan fingerprint density at radius 3 is 2.55 bits per heavy atom. The minimum Gasteiger partial charge on any atom is -0.466 e. The van der Waals surface area contributed by atoms with Gasteiger partial charge in [-0.15, -0.1) is 0 Å². The van der Waals surface area contributed by atoms with Gasteiger partial charge in [-0.2, -0.15) is 5.10 Å². The van der Waals surface area contributed by atoms with E-state index in [0.717, 1.165) is 11.4 Å². The first kappa shape index (κ1) is 12.4. The molecule has 2 aromatic heterocycles. The first-order valence-electron chi connectivity index (χ1n) is 6.38. The molecule has 0 aliphatic carbocycles. The van der Waals surface area contributed by atoms with Gasteiger partial charge in [0, 0.05) is 0 Å². The average molecular weight is 266 g/mol. The lowest BCUT2D eigenvalue weighted by Crippen LogP contribution is -2.10. The molecule has 0 amide bonds. The number of rotatable bonds is 3. The molecule has 3 rings (SSSR count). The summed E-state index contributed by atoms with van der Waals surface area (Å²) >= 11 is 0. The number of hydrogen-bond acceptors (Lipinski definition) is 3. The molecule has 4 heteroatoms.